The van der Waals surface area contributed by atoms with Gasteiger partial charge in [0.05, 0.1) is 11.2 Å². The van der Waals surface area contributed by atoms with Gasteiger partial charge in [-0.1, -0.05) is 41.8 Å². The van der Waals surface area contributed by atoms with Crippen LogP contribution >= 0.6 is 11.6 Å². The molecule has 0 unspecified atom stereocenters. The van der Waals surface area contributed by atoms with Gasteiger partial charge in [-0.2, -0.15) is 5.10 Å². The third kappa shape index (κ3) is 3.01. The number of nitrogens with zero attached hydrogens (tertiary/aromatic N) is 2. The van der Waals surface area contributed by atoms with Crippen LogP contribution in [0.2, 0.25) is 5.02 Å². The molecule has 0 aliphatic heterocycles. The number of benzene rings is 1. The lowest BCUT2D eigenvalue weighted by molar-refractivity contribution is 0.664. The Labute approximate surface area is 122 Å². The van der Waals surface area contributed by atoms with Gasteiger partial charge in [0.25, 0.3) is 5.56 Å². The monoisotopic (exact) mass is 287 g/mol. The maximum absolute atomic E-state index is 12.1. The second-order valence-corrected chi connectivity index (χ2v) is 4.72. The summed E-state index contributed by atoms with van der Waals surface area (Å²) >= 11 is 6.02. The highest BCUT2D eigenvalue weighted by atomic mass is 35.5. The molecule has 2 rings (SSSR count). The van der Waals surface area contributed by atoms with Crippen molar-refractivity contribution < 1.29 is 0 Å². The average Bonchev–Trinajstić information content (AvgIpc) is 2.44. The standard InChI is InChI=1S/C15H14ClN3O/c1-3-8-19-15(20)14(13(16)10-18-19)17-9-12-7-5-4-6-11(12)2/h1,4-7,10,17H,8-9H2,2H3. The van der Waals surface area contributed by atoms with Crippen LogP contribution in [0, 0.1) is 19.3 Å². The van der Waals surface area contributed by atoms with Crippen molar-refractivity contribution >= 4 is 17.3 Å². The minimum absolute atomic E-state index is 0.120. The number of anilines is 1. The number of nitrogens with one attached hydrogen (secondary N) is 1. The van der Waals surface area contributed by atoms with Crippen molar-refractivity contribution in [1.29, 1.82) is 0 Å². The van der Waals surface area contributed by atoms with Gasteiger partial charge in [-0.3, -0.25) is 4.79 Å². The smallest absolute Gasteiger partial charge is 0.292 e. The van der Waals surface area contributed by atoms with Gasteiger partial charge in [0.2, 0.25) is 0 Å². The normalized spacial score (nSPS) is 10.1. The zero-order chi connectivity index (χ0) is 14.5. The molecule has 4 nitrogen and oxygen atoms in total. The van der Waals surface area contributed by atoms with Crippen LogP contribution in [0.1, 0.15) is 11.1 Å². The lowest BCUT2D eigenvalue weighted by Crippen LogP contribution is -2.25. The third-order valence-electron chi connectivity index (χ3n) is 2.96. The summed E-state index contributed by atoms with van der Waals surface area (Å²) in [7, 11) is 0. The molecule has 1 aromatic heterocycles. The number of hydrogen-bond acceptors (Lipinski definition) is 3. The van der Waals surface area contributed by atoms with E-state index in [0.29, 0.717) is 12.2 Å². The molecule has 0 amide bonds. The lowest BCUT2D eigenvalue weighted by atomic mass is 10.1. The van der Waals surface area contributed by atoms with Crippen molar-refractivity contribution in [2.24, 2.45) is 0 Å². The molecule has 0 aliphatic carbocycles. The fourth-order valence-electron chi connectivity index (χ4n) is 1.82. The maximum Gasteiger partial charge on any atom is 0.292 e. The molecule has 1 heterocycles. The first-order valence-electron chi connectivity index (χ1n) is 6.11. The molecule has 0 fully saturated rings. The molecule has 0 bridgehead atoms. The first kappa shape index (κ1) is 14.2. The Hall–Kier alpha value is -2.25. The van der Waals surface area contributed by atoms with E-state index in [1.807, 2.05) is 31.2 Å². The van der Waals surface area contributed by atoms with E-state index in [2.05, 4.69) is 16.3 Å². The predicted octanol–water partition coefficient (Wildman–Crippen LogP) is 2.45. The van der Waals surface area contributed by atoms with E-state index in [4.69, 9.17) is 18.0 Å². The first-order valence-corrected chi connectivity index (χ1v) is 6.48. The third-order valence-corrected chi connectivity index (χ3v) is 3.24. The minimum Gasteiger partial charge on any atom is -0.375 e. The first-order chi connectivity index (χ1) is 9.63. The zero-order valence-corrected chi connectivity index (χ0v) is 11.8. The average molecular weight is 288 g/mol. The molecule has 2 aromatic rings. The highest BCUT2D eigenvalue weighted by Gasteiger charge is 2.09. The molecule has 5 heteroatoms. The van der Waals surface area contributed by atoms with Gasteiger partial charge in [-0.05, 0) is 18.1 Å². The van der Waals surface area contributed by atoms with Gasteiger partial charge in [0, 0.05) is 6.54 Å². The van der Waals surface area contributed by atoms with Crippen molar-refractivity contribution in [3.63, 3.8) is 0 Å². The highest BCUT2D eigenvalue weighted by Crippen LogP contribution is 2.17. The van der Waals surface area contributed by atoms with Crippen LogP contribution < -0.4 is 10.9 Å². The largest absolute Gasteiger partial charge is 0.375 e. The van der Waals surface area contributed by atoms with Crippen molar-refractivity contribution in [1.82, 2.24) is 9.78 Å². The molecule has 1 aromatic carbocycles. The molecule has 0 saturated carbocycles. The van der Waals surface area contributed by atoms with Crippen molar-refractivity contribution in [2.45, 2.75) is 20.0 Å². The summed E-state index contributed by atoms with van der Waals surface area (Å²) in [6.07, 6.45) is 6.62. The van der Waals surface area contributed by atoms with E-state index >= 15 is 0 Å². The van der Waals surface area contributed by atoms with E-state index < -0.39 is 0 Å². The fourth-order valence-corrected chi connectivity index (χ4v) is 2.01. The second-order valence-electron chi connectivity index (χ2n) is 4.31. The number of aryl methyl sites for hydroxylation is 1. The molecule has 0 atom stereocenters. The van der Waals surface area contributed by atoms with Crippen molar-refractivity contribution in [2.75, 3.05) is 5.32 Å². The quantitative estimate of drug-likeness (QED) is 0.879. The fraction of sp³-hybridized carbons (Fsp3) is 0.200. The van der Waals surface area contributed by atoms with E-state index in [-0.39, 0.29) is 17.1 Å². The van der Waals surface area contributed by atoms with Gasteiger partial charge < -0.3 is 5.32 Å². The Kier molecular flexibility index (Phi) is 4.44. The molecular weight excluding hydrogens is 274 g/mol. The molecule has 0 aliphatic rings. The summed E-state index contributed by atoms with van der Waals surface area (Å²) in [6, 6.07) is 7.94. The van der Waals surface area contributed by atoms with Crippen LogP contribution in [0.15, 0.2) is 35.3 Å². The van der Waals surface area contributed by atoms with Gasteiger partial charge >= 0.3 is 0 Å². The van der Waals surface area contributed by atoms with Crippen molar-refractivity contribution in [3.8, 4) is 12.3 Å². The number of halogens is 1. The van der Waals surface area contributed by atoms with Gasteiger partial charge in [-0.15, -0.1) is 6.42 Å². The summed E-state index contributed by atoms with van der Waals surface area (Å²) in [5.41, 5.74) is 2.25. The van der Waals surface area contributed by atoms with Gasteiger partial charge in [0.1, 0.15) is 12.2 Å². The number of rotatable bonds is 4. The Morgan fingerprint density at radius 3 is 2.90 bits per heavy atom. The van der Waals surface area contributed by atoms with Crippen LogP contribution in [0.5, 0.6) is 0 Å². The Morgan fingerprint density at radius 1 is 1.45 bits per heavy atom. The van der Waals surface area contributed by atoms with Gasteiger partial charge in [-0.25, -0.2) is 4.68 Å². The lowest BCUT2D eigenvalue weighted by Gasteiger charge is -2.11. The molecule has 1 N–H and O–H groups in total. The van der Waals surface area contributed by atoms with Crippen molar-refractivity contribution in [3.05, 3.63) is 57.0 Å². The van der Waals surface area contributed by atoms with E-state index in [0.717, 1.165) is 11.1 Å². The van der Waals surface area contributed by atoms with Crippen LogP contribution in [0.25, 0.3) is 0 Å². The van der Waals surface area contributed by atoms with E-state index in [1.54, 1.807) is 0 Å². The molecule has 0 saturated heterocycles. The molecule has 20 heavy (non-hydrogen) atoms. The predicted molar refractivity (Wildman–Crippen MR) is 80.8 cm³/mol. The molecular formula is C15H14ClN3O. The molecule has 0 radical (unpaired) electrons. The Bertz CT molecular complexity index is 716. The Morgan fingerprint density at radius 2 is 2.20 bits per heavy atom. The number of aromatic nitrogens is 2. The van der Waals surface area contributed by atoms with Crippen LogP contribution in [-0.4, -0.2) is 9.78 Å². The Balaban J connectivity index is 2.26. The van der Waals surface area contributed by atoms with Crippen LogP contribution in [0.3, 0.4) is 0 Å². The summed E-state index contributed by atoms with van der Waals surface area (Å²) in [4.78, 5) is 12.1. The molecule has 0 spiro atoms. The highest BCUT2D eigenvalue weighted by molar-refractivity contribution is 6.32. The summed E-state index contributed by atoms with van der Waals surface area (Å²) in [6.45, 7) is 2.65. The topological polar surface area (TPSA) is 46.9 Å². The van der Waals surface area contributed by atoms with Crippen LogP contribution in [-0.2, 0) is 13.1 Å². The summed E-state index contributed by atoms with van der Waals surface area (Å²) in [5, 5.41) is 7.24. The molecule has 102 valence electrons. The number of terminal acetylenes is 1. The van der Waals surface area contributed by atoms with E-state index in [1.165, 1.54) is 10.9 Å². The summed E-state index contributed by atoms with van der Waals surface area (Å²) in [5.74, 6) is 2.38. The SMILES string of the molecule is C#CCn1ncc(Cl)c(NCc2ccccc2C)c1=O. The van der Waals surface area contributed by atoms with Gasteiger partial charge in [0.15, 0.2) is 0 Å². The van der Waals surface area contributed by atoms with E-state index in [9.17, 15) is 4.79 Å². The number of hydrogen-bond donors (Lipinski definition) is 1. The summed E-state index contributed by atoms with van der Waals surface area (Å²) < 4.78 is 1.20. The second kappa shape index (κ2) is 6.27. The van der Waals surface area contributed by atoms with Crippen LogP contribution in [0.4, 0.5) is 5.69 Å². The minimum atomic E-state index is -0.316. The zero-order valence-electron chi connectivity index (χ0n) is 11.1. The maximum atomic E-state index is 12.1.